The first-order valence-corrected chi connectivity index (χ1v) is 13.1. The second kappa shape index (κ2) is 10.5. The Balaban J connectivity index is 1.65. The fourth-order valence-corrected chi connectivity index (χ4v) is 5.67. The Morgan fingerprint density at radius 3 is 2.61 bits per heavy atom. The molecule has 0 saturated carbocycles. The zero-order valence-electron chi connectivity index (χ0n) is 22.4. The van der Waals surface area contributed by atoms with Crippen molar-refractivity contribution in [2.45, 2.75) is 52.1 Å². The Hall–Kier alpha value is -3.30. The van der Waals surface area contributed by atoms with E-state index < -0.39 is 5.92 Å². The predicted molar refractivity (Wildman–Crippen MR) is 144 cm³/mol. The van der Waals surface area contributed by atoms with Crippen LogP contribution < -0.4 is 5.32 Å². The summed E-state index contributed by atoms with van der Waals surface area (Å²) in [5.74, 6) is -2.15. The van der Waals surface area contributed by atoms with Gasteiger partial charge in [0.15, 0.2) is 0 Å². The second-order valence-corrected chi connectivity index (χ2v) is 9.87. The normalized spacial score (nSPS) is 14.8. The maximum Gasteiger partial charge on any atom is 0.252 e. The van der Waals surface area contributed by atoms with Gasteiger partial charge in [-0.2, -0.15) is 0 Å². The Kier molecular flexibility index (Phi) is 7.24. The molecular formula is C29H34F2N4O3. The van der Waals surface area contributed by atoms with Crippen LogP contribution in [0.3, 0.4) is 0 Å². The molecule has 9 heteroatoms. The molecule has 2 heterocycles. The number of amides is 1. The van der Waals surface area contributed by atoms with E-state index in [0.717, 1.165) is 56.7 Å². The molecule has 7 nitrogen and oxygen atoms in total. The summed E-state index contributed by atoms with van der Waals surface area (Å²) in [7, 11) is 3.24. The first-order chi connectivity index (χ1) is 18.3. The van der Waals surface area contributed by atoms with Gasteiger partial charge in [0.25, 0.3) is 11.8 Å². The van der Waals surface area contributed by atoms with E-state index in [9.17, 15) is 13.6 Å². The molecule has 5 rings (SSSR count). The lowest BCUT2D eigenvalue weighted by Crippen LogP contribution is -2.27. The van der Waals surface area contributed by atoms with Gasteiger partial charge in [0.1, 0.15) is 5.82 Å². The summed E-state index contributed by atoms with van der Waals surface area (Å²) in [6.07, 6.45) is 0.0215. The Morgan fingerprint density at radius 2 is 1.87 bits per heavy atom. The number of carbonyl (C=O) groups is 1. The summed E-state index contributed by atoms with van der Waals surface area (Å²) < 4.78 is 43.6. The molecule has 1 aliphatic carbocycles. The number of benzene rings is 2. The average Bonchev–Trinajstić information content (AvgIpc) is 3.42. The molecule has 0 bridgehead atoms. The largest absolute Gasteiger partial charge is 0.383 e. The number of methoxy groups -OCH3 is 2. The van der Waals surface area contributed by atoms with E-state index >= 15 is 0 Å². The highest BCUT2D eigenvalue weighted by molar-refractivity contribution is 6.00. The lowest BCUT2D eigenvalue weighted by molar-refractivity contribution is -0.0125. The van der Waals surface area contributed by atoms with Gasteiger partial charge in [-0.1, -0.05) is 0 Å². The molecule has 0 spiro atoms. The minimum Gasteiger partial charge on any atom is -0.383 e. The summed E-state index contributed by atoms with van der Waals surface area (Å²) in [6.45, 7) is 6.57. The molecular weight excluding hydrogens is 490 g/mol. The molecule has 0 unspecified atom stereocenters. The Bertz CT molecular complexity index is 1510. The number of hydrogen-bond donors (Lipinski definition) is 1. The SMILES string of the molecule is CCn1c2c(c3cc(-c4nc5c(C)c(C(=O)NCCOC)ccc5n4CCOC)ccc31)CC(F)(F)CC2. The van der Waals surface area contributed by atoms with Crippen LogP contribution in [0.25, 0.3) is 33.3 Å². The van der Waals surface area contributed by atoms with E-state index in [1.165, 1.54) is 0 Å². The molecule has 0 radical (unpaired) electrons. The molecule has 202 valence electrons. The van der Waals surface area contributed by atoms with Crippen molar-refractivity contribution in [3.63, 3.8) is 0 Å². The average molecular weight is 525 g/mol. The molecule has 2 aromatic heterocycles. The van der Waals surface area contributed by atoms with Gasteiger partial charge in [-0.3, -0.25) is 4.79 Å². The zero-order valence-corrected chi connectivity index (χ0v) is 22.4. The van der Waals surface area contributed by atoms with Gasteiger partial charge >= 0.3 is 0 Å². The minimum atomic E-state index is -2.70. The number of aromatic nitrogens is 3. The number of alkyl halides is 2. The predicted octanol–water partition coefficient (Wildman–Crippen LogP) is 5.13. The summed E-state index contributed by atoms with van der Waals surface area (Å²) in [5, 5.41) is 3.73. The van der Waals surface area contributed by atoms with Gasteiger partial charge in [0.2, 0.25) is 0 Å². The molecule has 0 aliphatic heterocycles. The van der Waals surface area contributed by atoms with Crippen LogP contribution in [0.1, 0.15) is 40.5 Å². The van der Waals surface area contributed by atoms with E-state index in [1.807, 2.05) is 37.3 Å². The van der Waals surface area contributed by atoms with Gasteiger partial charge < -0.3 is 23.9 Å². The summed E-state index contributed by atoms with van der Waals surface area (Å²) in [4.78, 5) is 17.8. The smallest absolute Gasteiger partial charge is 0.252 e. The van der Waals surface area contributed by atoms with Crippen molar-refractivity contribution in [3.8, 4) is 11.4 Å². The fraction of sp³-hybridized carbons (Fsp3) is 0.448. The molecule has 0 saturated heterocycles. The number of halogens is 2. The third-order valence-corrected chi connectivity index (χ3v) is 7.55. The summed E-state index contributed by atoms with van der Waals surface area (Å²) >= 11 is 0. The Morgan fingerprint density at radius 1 is 1.11 bits per heavy atom. The van der Waals surface area contributed by atoms with Gasteiger partial charge in [0, 0.05) is 74.4 Å². The van der Waals surface area contributed by atoms with Gasteiger partial charge in [0.05, 0.1) is 24.2 Å². The molecule has 1 amide bonds. The maximum atomic E-state index is 14.5. The number of imidazole rings is 1. The van der Waals surface area contributed by atoms with Crippen LogP contribution in [0.5, 0.6) is 0 Å². The van der Waals surface area contributed by atoms with E-state index in [1.54, 1.807) is 14.2 Å². The molecule has 1 aliphatic rings. The van der Waals surface area contributed by atoms with E-state index in [-0.39, 0.29) is 18.7 Å². The third-order valence-electron chi connectivity index (χ3n) is 7.55. The molecule has 0 atom stereocenters. The number of nitrogens with one attached hydrogen (secondary N) is 1. The third kappa shape index (κ3) is 4.58. The molecule has 0 fully saturated rings. The van der Waals surface area contributed by atoms with Crippen LogP contribution in [-0.2, 0) is 35.4 Å². The number of carbonyl (C=O) groups excluding carboxylic acids is 1. The lowest BCUT2D eigenvalue weighted by atomic mass is 9.92. The monoisotopic (exact) mass is 524 g/mol. The molecule has 2 aromatic carbocycles. The van der Waals surface area contributed by atoms with Crippen molar-refractivity contribution in [2.75, 3.05) is 34.0 Å². The van der Waals surface area contributed by atoms with Crippen LogP contribution in [0.15, 0.2) is 30.3 Å². The van der Waals surface area contributed by atoms with Crippen molar-refractivity contribution in [1.82, 2.24) is 19.4 Å². The standard InChI is InChI=1S/C29H34F2N4O3/c1-5-34-23-8-6-19(16-21(23)22-17-29(30,31)11-10-24(22)34)27-33-26-18(2)20(28(36)32-12-14-37-3)7-9-25(26)35(27)13-15-38-4/h6-9,16H,5,10-15,17H2,1-4H3,(H,32,36). The van der Waals surface area contributed by atoms with Crippen LogP contribution >= 0.6 is 0 Å². The first-order valence-electron chi connectivity index (χ1n) is 13.1. The zero-order chi connectivity index (χ0) is 27.0. The van der Waals surface area contributed by atoms with E-state index in [2.05, 4.69) is 21.4 Å². The minimum absolute atomic E-state index is 0.114. The maximum absolute atomic E-state index is 14.5. The van der Waals surface area contributed by atoms with Gasteiger partial charge in [-0.25, -0.2) is 13.8 Å². The number of fused-ring (bicyclic) bond motifs is 4. The highest BCUT2D eigenvalue weighted by atomic mass is 19.3. The summed E-state index contributed by atoms with van der Waals surface area (Å²) in [5.41, 5.74) is 6.54. The molecule has 38 heavy (non-hydrogen) atoms. The Labute approximate surface area is 220 Å². The highest BCUT2D eigenvalue weighted by Gasteiger charge is 2.37. The molecule has 4 aromatic rings. The van der Waals surface area contributed by atoms with Crippen molar-refractivity contribution >= 4 is 27.8 Å². The molecule has 1 N–H and O–H groups in total. The van der Waals surface area contributed by atoms with E-state index in [4.69, 9.17) is 14.5 Å². The number of rotatable bonds is 9. The topological polar surface area (TPSA) is 70.3 Å². The van der Waals surface area contributed by atoms with Crippen molar-refractivity contribution in [2.24, 2.45) is 0 Å². The highest BCUT2D eigenvalue weighted by Crippen LogP contribution is 2.40. The van der Waals surface area contributed by atoms with Crippen molar-refractivity contribution in [1.29, 1.82) is 0 Å². The van der Waals surface area contributed by atoms with Crippen molar-refractivity contribution < 1.29 is 23.0 Å². The van der Waals surface area contributed by atoms with Gasteiger partial charge in [-0.15, -0.1) is 0 Å². The number of hydrogen-bond acceptors (Lipinski definition) is 4. The van der Waals surface area contributed by atoms with Crippen molar-refractivity contribution in [3.05, 3.63) is 52.7 Å². The lowest BCUT2D eigenvalue weighted by Gasteiger charge is -2.23. The number of ether oxygens (including phenoxy) is 2. The van der Waals surface area contributed by atoms with Crippen LogP contribution in [-0.4, -0.2) is 59.9 Å². The second-order valence-electron chi connectivity index (χ2n) is 9.87. The summed E-state index contributed by atoms with van der Waals surface area (Å²) in [6, 6.07) is 9.76. The fourth-order valence-electron chi connectivity index (χ4n) is 5.67. The van der Waals surface area contributed by atoms with Crippen LogP contribution in [0.4, 0.5) is 8.78 Å². The quantitative estimate of drug-likeness (QED) is 0.308. The first kappa shape index (κ1) is 26.3. The van der Waals surface area contributed by atoms with Crippen LogP contribution in [0, 0.1) is 6.92 Å². The number of nitrogens with zero attached hydrogens (tertiary/aromatic N) is 3. The van der Waals surface area contributed by atoms with E-state index in [0.29, 0.717) is 38.3 Å². The van der Waals surface area contributed by atoms with Crippen LogP contribution in [0.2, 0.25) is 0 Å². The number of aryl methyl sites for hydroxylation is 2. The van der Waals surface area contributed by atoms with Gasteiger partial charge in [-0.05, 0) is 61.7 Å².